The van der Waals surface area contributed by atoms with Crippen LogP contribution in [0.2, 0.25) is 0 Å². The van der Waals surface area contributed by atoms with E-state index in [4.69, 9.17) is 0 Å². The summed E-state index contributed by atoms with van der Waals surface area (Å²) in [5, 5.41) is 102. The van der Waals surface area contributed by atoms with Crippen LogP contribution < -0.4 is 9.80 Å². The van der Waals surface area contributed by atoms with Crippen LogP contribution in [-0.2, 0) is 16.0 Å². The summed E-state index contributed by atoms with van der Waals surface area (Å²) in [5.74, 6) is -3.54. The lowest BCUT2D eigenvalue weighted by Crippen LogP contribution is -2.41. The lowest BCUT2D eigenvalue weighted by Gasteiger charge is -2.33. The summed E-state index contributed by atoms with van der Waals surface area (Å²) in [5.41, 5.74) is 2.36. The van der Waals surface area contributed by atoms with Gasteiger partial charge < -0.3 is 80.5 Å². The number of aliphatic hydroxyl groups excluding tert-OH is 10. The molecule has 0 heterocycles. The number of nitrogens with zero attached hydrogens (tertiary/aromatic N) is 6. The molecule has 0 fully saturated rings. The van der Waals surface area contributed by atoms with Crippen LogP contribution in [0.5, 0.6) is 0 Å². The number of anilines is 2. The average molecular weight is 1070 g/mol. The highest BCUT2D eigenvalue weighted by Crippen LogP contribution is 2.38. The van der Waals surface area contributed by atoms with Crippen LogP contribution in [0.4, 0.5) is 11.4 Å². The number of likely N-dealkylation sites (N-methyl/N-ethyl adjacent to an activating group) is 4. The van der Waals surface area contributed by atoms with Crippen LogP contribution in [-0.4, -0.2) is 237 Å². The normalized spacial score (nSPS) is 13.6. The molecule has 2 aromatic carbocycles. The van der Waals surface area contributed by atoms with Crippen molar-refractivity contribution in [2.45, 2.75) is 138 Å². The predicted molar refractivity (Wildman–Crippen MR) is 284 cm³/mol. The van der Waals surface area contributed by atoms with Crippen molar-refractivity contribution < 1.29 is 79.8 Å². The lowest BCUT2D eigenvalue weighted by molar-refractivity contribution is -0.117. The number of amides is 6. The van der Waals surface area contributed by atoms with E-state index >= 15 is 0 Å². The molecule has 0 saturated heterocycles. The minimum atomic E-state index is -1.27. The molecule has 2 aromatic rings. The molecule has 75 heavy (non-hydrogen) atoms. The fourth-order valence-corrected chi connectivity index (χ4v) is 9.38. The fraction of sp³-hybridized carbons (Fsp3) is 0.660. The standard InChI is InChI=1S/C51H82N6O16.C2H6/c1-13-41-45(51(73)55(12)21-40(69)27-61)29(3)44(50(72)54(11)20-39(68)26-60)32(6)47(41)57(34(8)63)23-36(65)17-15-14-16-35(64)22-56(33(7)62)46-30(4)42(48(70)52(9)18-37(66)24-58)28(2)43(31(46)5)49(71)53(10)19-38(67)25-59;1-2/h35-40,58-61,64-69H,13-27H2,1-12H3;1-2H3. The van der Waals surface area contributed by atoms with E-state index in [0.29, 0.717) is 35.1 Å². The van der Waals surface area contributed by atoms with Gasteiger partial charge in [0, 0.05) is 90.5 Å². The molecular formula is C53H88N6O16. The lowest BCUT2D eigenvalue weighted by atomic mass is 9.87. The molecule has 2 rings (SSSR count). The topological polar surface area (TPSA) is 324 Å². The van der Waals surface area contributed by atoms with Crippen molar-refractivity contribution in [1.82, 2.24) is 19.6 Å². The van der Waals surface area contributed by atoms with E-state index in [-0.39, 0.29) is 103 Å². The summed E-state index contributed by atoms with van der Waals surface area (Å²) in [4.78, 5) is 90.8. The van der Waals surface area contributed by atoms with E-state index in [1.54, 1.807) is 41.5 Å². The summed E-state index contributed by atoms with van der Waals surface area (Å²) in [7, 11) is 5.63. The monoisotopic (exact) mass is 1060 g/mol. The molecule has 0 saturated carbocycles. The fourth-order valence-electron chi connectivity index (χ4n) is 9.38. The Labute approximate surface area is 442 Å². The highest BCUT2D eigenvalue weighted by molar-refractivity contribution is 6.09. The van der Waals surface area contributed by atoms with Gasteiger partial charge in [0.05, 0.1) is 87.5 Å². The summed E-state index contributed by atoms with van der Waals surface area (Å²) in [6.45, 7) is 12.1. The van der Waals surface area contributed by atoms with Gasteiger partial charge in [0.1, 0.15) is 0 Å². The Kier molecular flexibility index (Phi) is 28.8. The van der Waals surface area contributed by atoms with Crippen LogP contribution >= 0.6 is 0 Å². The number of hydrogen-bond acceptors (Lipinski definition) is 16. The van der Waals surface area contributed by atoms with E-state index in [1.165, 1.54) is 71.4 Å². The highest BCUT2D eigenvalue weighted by Gasteiger charge is 2.35. The van der Waals surface area contributed by atoms with Crippen molar-refractivity contribution in [1.29, 1.82) is 0 Å². The van der Waals surface area contributed by atoms with Gasteiger partial charge in [0.15, 0.2) is 0 Å². The number of unbranched alkanes of at least 4 members (excludes halogenated alkanes) is 1. The third-order valence-corrected chi connectivity index (χ3v) is 13.1. The van der Waals surface area contributed by atoms with Gasteiger partial charge in [-0.2, -0.15) is 0 Å². The molecule has 0 aromatic heterocycles. The van der Waals surface area contributed by atoms with Crippen LogP contribution in [0, 0.1) is 34.6 Å². The molecule has 6 atom stereocenters. The number of carbonyl (C=O) groups is 6. The number of benzene rings is 2. The van der Waals surface area contributed by atoms with E-state index in [0.717, 1.165) is 0 Å². The zero-order chi connectivity index (χ0) is 57.9. The zero-order valence-electron chi connectivity index (χ0n) is 46.7. The maximum atomic E-state index is 14.2. The van der Waals surface area contributed by atoms with Gasteiger partial charge in [-0.15, -0.1) is 0 Å². The Morgan fingerprint density at radius 2 is 0.653 bits per heavy atom. The molecule has 10 N–H and O–H groups in total. The molecule has 0 aliphatic heterocycles. The third kappa shape index (κ3) is 17.7. The smallest absolute Gasteiger partial charge is 0.254 e. The largest absolute Gasteiger partial charge is 0.394 e. The zero-order valence-corrected chi connectivity index (χ0v) is 46.7. The van der Waals surface area contributed by atoms with Gasteiger partial charge in [-0.3, -0.25) is 28.8 Å². The first-order valence-corrected chi connectivity index (χ1v) is 25.5. The molecule has 0 radical (unpaired) electrons. The van der Waals surface area contributed by atoms with E-state index in [2.05, 4.69) is 0 Å². The molecule has 0 aliphatic carbocycles. The van der Waals surface area contributed by atoms with Crippen molar-refractivity contribution in [2.75, 3.05) is 104 Å². The van der Waals surface area contributed by atoms with E-state index in [1.807, 2.05) is 13.8 Å². The van der Waals surface area contributed by atoms with Gasteiger partial charge in [-0.05, 0) is 87.3 Å². The second-order valence-corrected chi connectivity index (χ2v) is 19.1. The SMILES string of the molecule is CC.CCc1c(C(=O)N(C)CC(O)CO)c(C)c(C(=O)N(C)CC(O)CO)c(C)c1N(CC(O)CCCCC(O)CN(C(C)=O)c1c(C)c(C(=O)N(C)CC(O)CO)c(C)c(C(=O)N(C)CC(O)CO)c1C)C(C)=O. The van der Waals surface area contributed by atoms with Crippen molar-refractivity contribution in [3.05, 3.63) is 55.6 Å². The minimum absolute atomic E-state index is 0.0370. The van der Waals surface area contributed by atoms with Crippen LogP contribution in [0.25, 0.3) is 0 Å². The first-order chi connectivity index (χ1) is 35.1. The molecule has 0 aliphatic rings. The average Bonchev–Trinajstić information content (AvgIpc) is 3.36. The van der Waals surface area contributed by atoms with Crippen molar-refractivity contribution in [3.63, 3.8) is 0 Å². The van der Waals surface area contributed by atoms with Gasteiger partial charge in [-0.25, -0.2) is 0 Å². The number of carbonyl (C=O) groups excluding carboxylic acids is 6. The van der Waals surface area contributed by atoms with Crippen molar-refractivity contribution in [3.8, 4) is 0 Å². The van der Waals surface area contributed by atoms with Crippen LogP contribution in [0.3, 0.4) is 0 Å². The Morgan fingerprint density at radius 3 is 0.920 bits per heavy atom. The Bertz CT molecular complexity index is 2200. The first-order valence-electron chi connectivity index (χ1n) is 25.5. The molecule has 426 valence electrons. The molecule has 6 unspecified atom stereocenters. The molecule has 6 amide bonds. The van der Waals surface area contributed by atoms with E-state index < -0.39 is 98.5 Å². The second kappa shape index (κ2) is 31.8. The van der Waals surface area contributed by atoms with Gasteiger partial charge >= 0.3 is 0 Å². The Hall–Kier alpha value is -5.14. The van der Waals surface area contributed by atoms with Gasteiger partial charge in [0.25, 0.3) is 23.6 Å². The molecule has 22 nitrogen and oxygen atoms in total. The number of hydrogen-bond donors (Lipinski definition) is 10. The number of rotatable bonds is 28. The van der Waals surface area contributed by atoms with Crippen molar-refractivity contribution in [2.24, 2.45) is 0 Å². The summed E-state index contributed by atoms with van der Waals surface area (Å²) in [6, 6.07) is 0. The maximum Gasteiger partial charge on any atom is 0.254 e. The molecule has 0 bridgehead atoms. The van der Waals surface area contributed by atoms with Gasteiger partial charge in [0.2, 0.25) is 11.8 Å². The third-order valence-electron chi connectivity index (χ3n) is 13.1. The second-order valence-electron chi connectivity index (χ2n) is 19.1. The summed E-state index contributed by atoms with van der Waals surface area (Å²) in [6.07, 6.45) is -6.36. The van der Waals surface area contributed by atoms with Gasteiger partial charge in [-0.1, -0.05) is 33.6 Å². The Morgan fingerprint density at radius 1 is 0.400 bits per heavy atom. The summed E-state index contributed by atoms with van der Waals surface area (Å²) >= 11 is 0. The molecule has 22 heteroatoms. The minimum Gasteiger partial charge on any atom is -0.394 e. The maximum absolute atomic E-state index is 14.2. The highest BCUT2D eigenvalue weighted by atomic mass is 16.3. The number of aliphatic hydroxyl groups is 10. The van der Waals surface area contributed by atoms with Crippen LogP contribution in [0.15, 0.2) is 0 Å². The van der Waals surface area contributed by atoms with Crippen molar-refractivity contribution >= 4 is 46.8 Å². The first kappa shape index (κ1) is 67.9. The Balaban J connectivity index is 0.0000139. The summed E-state index contributed by atoms with van der Waals surface area (Å²) < 4.78 is 0. The molecular weight excluding hydrogens is 977 g/mol. The quantitative estimate of drug-likeness (QED) is 0.0509. The molecule has 0 spiro atoms. The predicted octanol–water partition coefficient (Wildman–Crippen LogP) is 0.206. The van der Waals surface area contributed by atoms with Crippen LogP contribution in [0.1, 0.15) is 135 Å². The van der Waals surface area contributed by atoms with E-state index in [9.17, 15) is 79.8 Å².